The molecule has 10 heteroatoms. The molecular formula is C20H23N5O5. The maximum absolute atomic E-state index is 12.3. The van der Waals surface area contributed by atoms with Crippen molar-refractivity contribution in [1.29, 1.82) is 0 Å². The summed E-state index contributed by atoms with van der Waals surface area (Å²) in [6, 6.07) is 3.84. The first-order valence-corrected chi connectivity index (χ1v) is 9.79. The number of fused-ring (bicyclic) bond motifs is 2. The van der Waals surface area contributed by atoms with Crippen molar-refractivity contribution >= 4 is 17.0 Å². The fraction of sp³-hybridized carbons (Fsp3) is 0.450. The number of nitrogens with one attached hydrogen (secondary N) is 1. The lowest BCUT2D eigenvalue weighted by Gasteiger charge is -2.34. The van der Waals surface area contributed by atoms with E-state index >= 15 is 0 Å². The third kappa shape index (κ3) is 3.59. The van der Waals surface area contributed by atoms with Crippen molar-refractivity contribution in [3.63, 3.8) is 0 Å². The molecule has 0 aromatic heterocycles. The molecule has 0 saturated carbocycles. The number of rotatable bonds is 4. The summed E-state index contributed by atoms with van der Waals surface area (Å²) in [5.74, 6) is -1.66. The molecule has 0 radical (unpaired) electrons. The predicted molar refractivity (Wildman–Crippen MR) is 109 cm³/mol. The number of hydrogen-bond donors (Lipinski definition) is 3. The van der Waals surface area contributed by atoms with Gasteiger partial charge in [0.25, 0.3) is 5.56 Å². The molecule has 1 saturated heterocycles. The van der Waals surface area contributed by atoms with Crippen molar-refractivity contribution in [3.8, 4) is 11.5 Å². The van der Waals surface area contributed by atoms with Gasteiger partial charge in [-0.25, -0.2) is 9.78 Å². The van der Waals surface area contributed by atoms with E-state index in [4.69, 9.17) is 0 Å². The lowest BCUT2D eigenvalue weighted by Crippen LogP contribution is -2.47. The van der Waals surface area contributed by atoms with Gasteiger partial charge in [-0.15, -0.1) is 0 Å². The van der Waals surface area contributed by atoms with E-state index in [-0.39, 0.29) is 18.1 Å². The summed E-state index contributed by atoms with van der Waals surface area (Å²) >= 11 is 0. The Hall–Kier alpha value is -3.11. The SMILES string of the molecule is Cc1cc2nc3c(=O)[nH]c(=O)nc-3n(CCN3CCC(O)C(C(=O)O)C3)c2cc1C. The molecule has 2 unspecified atom stereocenters. The molecule has 10 nitrogen and oxygen atoms in total. The number of carbonyl (C=O) groups is 1. The fourth-order valence-electron chi connectivity index (χ4n) is 3.97. The highest BCUT2D eigenvalue weighted by Crippen LogP contribution is 2.24. The zero-order chi connectivity index (χ0) is 21.6. The largest absolute Gasteiger partial charge is 0.481 e. The van der Waals surface area contributed by atoms with Crippen LogP contribution in [0.5, 0.6) is 0 Å². The topological polar surface area (TPSA) is 141 Å². The van der Waals surface area contributed by atoms with Gasteiger partial charge in [0.2, 0.25) is 0 Å². The second-order valence-corrected chi connectivity index (χ2v) is 7.83. The van der Waals surface area contributed by atoms with Crippen molar-refractivity contribution in [1.82, 2.24) is 24.4 Å². The molecule has 3 aliphatic heterocycles. The quantitative estimate of drug-likeness (QED) is 0.506. The summed E-state index contributed by atoms with van der Waals surface area (Å²) in [6.07, 6.45) is -0.483. The molecule has 3 aliphatic rings. The first-order valence-electron chi connectivity index (χ1n) is 9.79. The number of H-pyrrole nitrogens is 1. The number of hydrogen-bond acceptors (Lipinski definition) is 7. The maximum Gasteiger partial charge on any atom is 0.349 e. The van der Waals surface area contributed by atoms with E-state index in [1.165, 1.54) is 0 Å². The second-order valence-electron chi connectivity index (χ2n) is 7.83. The van der Waals surface area contributed by atoms with Crippen molar-refractivity contribution in [2.24, 2.45) is 5.92 Å². The number of nitrogens with zero attached hydrogens (tertiary/aromatic N) is 4. The van der Waals surface area contributed by atoms with Crippen molar-refractivity contribution in [2.75, 3.05) is 19.6 Å². The van der Waals surface area contributed by atoms with Crippen LogP contribution in [-0.2, 0) is 11.3 Å². The Labute approximate surface area is 171 Å². The van der Waals surface area contributed by atoms with Crippen LogP contribution in [0.15, 0.2) is 21.7 Å². The minimum atomic E-state index is -1.02. The van der Waals surface area contributed by atoms with Crippen LogP contribution in [0.25, 0.3) is 22.6 Å². The molecule has 4 rings (SSSR count). The van der Waals surface area contributed by atoms with Gasteiger partial charge in [-0.3, -0.25) is 14.6 Å². The smallest absolute Gasteiger partial charge is 0.349 e. The minimum absolute atomic E-state index is 0.0860. The fourth-order valence-corrected chi connectivity index (χ4v) is 3.97. The lowest BCUT2D eigenvalue weighted by atomic mass is 9.95. The van der Waals surface area contributed by atoms with Crippen LogP contribution in [0.1, 0.15) is 17.5 Å². The summed E-state index contributed by atoms with van der Waals surface area (Å²) in [5, 5.41) is 19.3. The highest BCUT2D eigenvalue weighted by Gasteiger charge is 2.33. The minimum Gasteiger partial charge on any atom is -0.481 e. The average Bonchev–Trinajstić information content (AvgIpc) is 2.68. The molecule has 158 valence electrons. The molecular weight excluding hydrogens is 390 g/mol. The van der Waals surface area contributed by atoms with Crippen LogP contribution in [0.4, 0.5) is 0 Å². The van der Waals surface area contributed by atoms with Crippen LogP contribution in [-0.4, -0.2) is 66.3 Å². The summed E-state index contributed by atoms with van der Waals surface area (Å²) in [6.45, 7) is 5.58. The number of aliphatic hydroxyl groups excluding tert-OH is 1. The average molecular weight is 413 g/mol. The monoisotopic (exact) mass is 413 g/mol. The molecule has 0 aliphatic carbocycles. The number of aromatic amines is 1. The Morgan fingerprint density at radius 3 is 2.67 bits per heavy atom. The van der Waals surface area contributed by atoms with Crippen molar-refractivity contribution in [3.05, 3.63) is 44.1 Å². The normalized spacial score (nSPS) is 20.1. The Kier molecular flexibility index (Phi) is 5.12. The standard InChI is InChI=1S/C20H23N5O5/c1-10-7-13-14(8-11(10)2)25(17-16(21-13)18(27)23-20(30)22-17)6-5-24-4-3-15(26)12(9-24)19(28)29/h7-8,12,15,26H,3-6,9H2,1-2H3,(H,28,29)(H,23,27,30). The Morgan fingerprint density at radius 2 is 1.93 bits per heavy atom. The molecule has 3 heterocycles. The van der Waals surface area contributed by atoms with Crippen LogP contribution < -0.4 is 11.2 Å². The summed E-state index contributed by atoms with van der Waals surface area (Å²) in [5.41, 5.74) is 2.19. The van der Waals surface area contributed by atoms with E-state index < -0.39 is 29.2 Å². The van der Waals surface area contributed by atoms with E-state index in [1.54, 1.807) is 4.57 Å². The number of aliphatic hydroxyl groups is 1. The van der Waals surface area contributed by atoms with Gasteiger partial charge < -0.3 is 19.7 Å². The number of piperidine rings is 1. The Morgan fingerprint density at radius 1 is 1.20 bits per heavy atom. The van der Waals surface area contributed by atoms with E-state index in [1.807, 2.05) is 30.9 Å². The third-order valence-electron chi connectivity index (χ3n) is 5.84. The van der Waals surface area contributed by atoms with Crippen LogP contribution in [0.2, 0.25) is 0 Å². The van der Waals surface area contributed by atoms with E-state index in [0.29, 0.717) is 31.6 Å². The first kappa shape index (κ1) is 20.2. The van der Waals surface area contributed by atoms with Gasteiger partial charge in [-0.05, 0) is 43.5 Å². The molecule has 2 atom stereocenters. The molecule has 1 fully saturated rings. The number of likely N-dealkylation sites (tertiary alicyclic amines) is 1. The molecule has 1 aromatic rings. The molecule has 1 aromatic carbocycles. The predicted octanol–water partition coefficient (Wildman–Crippen LogP) is -0.0312. The number of benzene rings is 1. The number of aryl methyl sites for hydroxylation is 2. The number of carboxylic acid groups (broad SMARTS) is 1. The number of aliphatic carboxylic acids is 1. The summed E-state index contributed by atoms with van der Waals surface area (Å²) in [4.78, 5) is 48.1. The molecule has 0 spiro atoms. The molecule has 3 N–H and O–H groups in total. The number of carboxylic acids is 1. The summed E-state index contributed by atoms with van der Waals surface area (Å²) in [7, 11) is 0. The third-order valence-corrected chi connectivity index (χ3v) is 5.84. The van der Waals surface area contributed by atoms with E-state index in [2.05, 4.69) is 15.0 Å². The maximum atomic E-state index is 12.3. The van der Waals surface area contributed by atoms with Crippen molar-refractivity contribution < 1.29 is 15.0 Å². The van der Waals surface area contributed by atoms with Crippen molar-refractivity contribution in [2.45, 2.75) is 32.9 Å². The van der Waals surface area contributed by atoms with Gasteiger partial charge in [0.15, 0.2) is 11.5 Å². The van der Waals surface area contributed by atoms with Crippen LogP contribution >= 0.6 is 0 Å². The van der Waals surface area contributed by atoms with Gasteiger partial charge in [-0.2, -0.15) is 4.98 Å². The van der Waals surface area contributed by atoms with Gasteiger partial charge in [0.1, 0.15) is 0 Å². The first-order chi connectivity index (χ1) is 14.2. The Balaban J connectivity index is 1.76. The van der Waals surface area contributed by atoms with E-state index in [0.717, 1.165) is 16.6 Å². The van der Waals surface area contributed by atoms with Crippen LogP contribution in [0, 0.1) is 19.8 Å². The molecule has 30 heavy (non-hydrogen) atoms. The summed E-state index contributed by atoms with van der Waals surface area (Å²) < 4.78 is 1.79. The zero-order valence-electron chi connectivity index (χ0n) is 16.8. The molecule has 0 bridgehead atoms. The van der Waals surface area contributed by atoms with Crippen LogP contribution in [0.3, 0.4) is 0 Å². The van der Waals surface area contributed by atoms with E-state index in [9.17, 15) is 24.6 Å². The molecule has 0 amide bonds. The highest BCUT2D eigenvalue weighted by atomic mass is 16.4. The second kappa shape index (κ2) is 7.62. The van der Waals surface area contributed by atoms with Gasteiger partial charge in [-0.1, -0.05) is 0 Å². The van der Waals surface area contributed by atoms with Gasteiger partial charge in [0, 0.05) is 26.2 Å². The highest BCUT2D eigenvalue weighted by molar-refractivity contribution is 5.81. The van der Waals surface area contributed by atoms with Gasteiger partial charge in [0.05, 0.1) is 23.1 Å². The number of aromatic nitrogens is 4. The Bertz CT molecular complexity index is 1220. The van der Waals surface area contributed by atoms with Gasteiger partial charge >= 0.3 is 11.7 Å². The lowest BCUT2D eigenvalue weighted by molar-refractivity contribution is -0.148. The zero-order valence-corrected chi connectivity index (χ0v) is 16.8.